The number of nitrogens with two attached hydrogens (primary N) is 1. The van der Waals surface area contributed by atoms with Crippen LogP contribution in [0.5, 0.6) is 5.75 Å². The maximum atomic E-state index is 11.7. The molecular weight excluding hydrogens is 242 g/mol. The average Bonchev–Trinajstić information content (AvgIpc) is 2.46. The van der Waals surface area contributed by atoms with Gasteiger partial charge in [0.1, 0.15) is 11.6 Å². The van der Waals surface area contributed by atoms with E-state index < -0.39 is 0 Å². The van der Waals surface area contributed by atoms with Crippen molar-refractivity contribution in [2.24, 2.45) is 5.73 Å². The van der Waals surface area contributed by atoms with E-state index in [9.17, 15) is 4.79 Å². The monoisotopic (exact) mass is 259 g/mol. The molecule has 0 bridgehead atoms. The molecule has 0 saturated carbocycles. The van der Waals surface area contributed by atoms with E-state index in [-0.39, 0.29) is 12.1 Å². The Morgan fingerprint density at radius 2 is 2.16 bits per heavy atom. The van der Waals surface area contributed by atoms with E-state index >= 15 is 0 Å². The highest BCUT2D eigenvalue weighted by molar-refractivity contribution is 5.58. The van der Waals surface area contributed by atoms with E-state index in [0.717, 1.165) is 23.3 Å². The zero-order chi connectivity index (χ0) is 13.8. The van der Waals surface area contributed by atoms with Gasteiger partial charge in [0.05, 0.1) is 7.11 Å². The molecule has 0 atom stereocenters. The van der Waals surface area contributed by atoms with Crippen LogP contribution in [-0.4, -0.2) is 17.1 Å². The fourth-order valence-corrected chi connectivity index (χ4v) is 1.92. The number of benzene rings is 1. The van der Waals surface area contributed by atoms with Crippen LogP contribution >= 0.6 is 0 Å². The first kappa shape index (κ1) is 13.3. The Hall–Kier alpha value is -2.14. The third-order valence-electron chi connectivity index (χ3n) is 3.03. The van der Waals surface area contributed by atoms with Crippen molar-refractivity contribution >= 4 is 0 Å². The standard InChI is InChI=1S/C14H17N3O2/c1-3-9-6-10(4-5-12(9)19-2)13-16-8-11(7-15)14(18)17-13/h4-6,8H,3,7,15H2,1-2H3,(H,16,17,18). The summed E-state index contributed by atoms with van der Waals surface area (Å²) in [5.41, 5.74) is 7.67. The number of hydrogen-bond donors (Lipinski definition) is 2. The van der Waals surface area contributed by atoms with Crippen LogP contribution in [-0.2, 0) is 13.0 Å². The normalized spacial score (nSPS) is 10.5. The van der Waals surface area contributed by atoms with Crippen LogP contribution in [0.3, 0.4) is 0 Å². The molecule has 0 aliphatic rings. The van der Waals surface area contributed by atoms with Crippen molar-refractivity contribution in [3.05, 3.63) is 45.9 Å². The Kier molecular flexibility index (Phi) is 3.97. The molecule has 0 spiro atoms. The summed E-state index contributed by atoms with van der Waals surface area (Å²) in [4.78, 5) is 18.7. The molecule has 100 valence electrons. The summed E-state index contributed by atoms with van der Waals surface area (Å²) in [6, 6.07) is 5.72. The number of ether oxygens (including phenoxy) is 1. The fraction of sp³-hybridized carbons (Fsp3) is 0.286. The van der Waals surface area contributed by atoms with E-state index in [0.29, 0.717) is 11.4 Å². The molecule has 0 unspecified atom stereocenters. The van der Waals surface area contributed by atoms with E-state index in [1.807, 2.05) is 18.2 Å². The van der Waals surface area contributed by atoms with Gasteiger partial charge in [-0.15, -0.1) is 0 Å². The van der Waals surface area contributed by atoms with Crippen LogP contribution in [0.2, 0.25) is 0 Å². The van der Waals surface area contributed by atoms with Crippen molar-refractivity contribution in [3.63, 3.8) is 0 Å². The Morgan fingerprint density at radius 3 is 2.74 bits per heavy atom. The van der Waals surface area contributed by atoms with Gasteiger partial charge in [0.15, 0.2) is 0 Å². The van der Waals surface area contributed by atoms with Crippen LogP contribution in [0.4, 0.5) is 0 Å². The number of hydrogen-bond acceptors (Lipinski definition) is 4. The smallest absolute Gasteiger partial charge is 0.255 e. The summed E-state index contributed by atoms with van der Waals surface area (Å²) in [6.45, 7) is 2.24. The molecule has 1 aromatic carbocycles. The molecule has 5 nitrogen and oxygen atoms in total. The summed E-state index contributed by atoms with van der Waals surface area (Å²) in [6.07, 6.45) is 2.37. The zero-order valence-electron chi connectivity index (χ0n) is 11.1. The molecule has 5 heteroatoms. The van der Waals surface area contributed by atoms with Gasteiger partial charge in [-0.25, -0.2) is 4.98 Å². The van der Waals surface area contributed by atoms with E-state index in [1.165, 1.54) is 6.20 Å². The largest absolute Gasteiger partial charge is 0.496 e. The second kappa shape index (κ2) is 5.67. The van der Waals surface area contributed by atoms with Gasteiger partial charge < -0.3 is 15.5 Å². The molecule has 0 radical (unpaired) electrons. The SMILES string of the molecule is CCc1cc(-c2ncc(CN)c(=O)[nH]2)ccc1OC. The molecule has 19 heavy (non-hydrogen) atoms. The van der Waals surface area contributed by atoms with Crippen LogP contribution in [0.15, 0.2) is 29.2 Å². The number of aromatic nitrogens is 2. The predicted octanol–water partition coefficient (Wildman–Crippen LogP) is 1.47. The van der Waals surface area contributed by atoms with Crippen LogP contribution in [0, 0.1) is 0 Å². The average molecular weight is 259 g/mol. The van der Waals surface area contributed by atoms with Gasteiger partial charge in [-0.1, -0.05) is 6.92 Å². The third kappa shape index (κ3) is 2.66. The van der Waals surface area contributed by atoms with Gasteiger partial charge in [-0.2, -0.15) is 0 Å². The summed E-state index contributed by atoms with van der Waals surface area (Å²) in [5.74, 6) is 1.38. The summed E-state index contributed by atoms with van der Waals surface area (Å²) < 4.78 is 5.28. The molecule has 3 N–H and O–H groups in total. The maximum absolute atomic E-state index is 11.7. The highest BCUT2D eigenvalue weighted by Crippen LogP contribution is 2.24. The zero-order valence-corrected chi connectivity index (χ0v) is 11.1. The lowest BCUT2D eigenvalue weighted by Gasteiger charge is -2.09. The fourth-order valence-electron chi connectivity index (χ4n) is 1.92. The molecule has 0 aliphatic heterocycles. The molecule has 2 rings (SSSR count). The molecule has 0 amide bonds. The van der Waals surface area contributed by atoms with Gasteiger partial charge in [0.2, 0.25) is 0 Å². The minimum Gasteiger partial charge on any atom is -0.496 e. The Balaban J connectivity index is 2.47. The number of aryl methyl sites for hydroxylation is 1. The number of methoxy groups -OCH3 is 1. The number of nitrogens with one attached hydrogen (secondary N) is 1. The first-order chi connectivity index (χ1) is 9.19. The highest BCUT2D eigenvalue weighted by atomic mass is 16.5. The van der Waals surface area contributed by atoms with Crippen LogP contribution in [0.1, 0.15) is 18.1 Å². The number of nitrogens with zero attached hydrogens (tertiary/aromatic N) is 1. The quantitative estimate of drug-likeness (QED) is 0.871. The van der Waals surface area contributed by atoms with E-state index in [2.05, 4.69) is 16.9 Å². The van der Waals surface area contributed by atoms with Crippen molar-refractivity contribution in [2.75, 3.05) is 7.11 Å². The summed E-state index contributed by atoms with van der Waals surface area (Å²) in [7, 11) is 1.64. The molecule has 2 aromatic rings. The van der Waals surface area contributed by atoms with Gasteiger partial charge >= 0.3 is 0 Å². The number of rotatable bonds is 4. The van der Waals surface area contributed by atoms with Crippen molar-refractivity contribution < 1.29 is 4.74 Å². The summed E-state index contributed by atoms with van der Waals surface area (Å²) >= 11 is 0. The molecule has 0 fully saturated rings. The van der Waals surface area contributed by atoms with Crippen molar-refractivity contribution in [3.8, 4) is 17.1 Å². The minimum absolute atomic E-state index is 0.186. The Morgan fingerprint density at radius 1 is 1.37 bits per heavy atom. The second-order valence-electron chi connectivity index (χ2n) is 4.17. The van der Waals surface area contributed by atoms with Gasteiger partial charge in [0.25, 0.3) is 5.56 Å². The minimum atomic E-state index is -0.193. The second-order valence-corrected chi connectivity index (χ2v) is 4.17. The molecule has 1 heterocycles. The van der Waals surface area contributed by atoms with Crippen molar-refractivity contribution in [2.45, 2.75) is 19.9 Å². The van der Waals surface area contributed by atoms with Crippen LogP contribution < -0.4 is 16.0 Å². The maximum Gasteiger partial charge on any atom is 0.255 e. The first-order valence-electron chi connectivity index (χ1n) is 6.15. The topological polar surface area (TPSA) is 81.0 Å². The van der Waals surface area contributed by atoms with Crippen molar-refractivity contribution in [1.29, 1.82) is 0 Å². The molecule has 0 aliphatic carbocycles. The third-order valence-corrected chi connectivity index (χ3v) is 3.03. The molecular formula is C14H17N3O2. The number of aromatic amines is 1. The van der Waals surface area contributed by atoms with E-state index in [4.69, 9.17) is 10.5 Å². The lowest BCUT2D eigenvalue weighted by atomic mass is 10.1. The van der Waals surface area contributed by atoms with Gasteiger partial charge in [0, 0.05) is 23.9 Å². The Bertz CT molecular complexity index is 635. The van der Waals surface area contributed by atoms with Crippen LogP contribution in [0.25, 0.3) is 11.4 Å². The highest BCUT2D eigenvalue weighted by Gasteiger charge is 2.07. The molecule has 0 saturated heterocycles. The lowest BCUT2D eigenvalue weighted by molar-refractivity contribution is 0.410. The lowest BCUT2D eigenvalue weighted by Crippen LogP contribution is -2.17. The number of H-pyrrole nitrogens is 1. The summed E-state index contributed by atoms with van der Waals surface area (Å²) in [5, 5.41) is 0. The van der Waals surface area contributed by atoms with E-state index in [1.54, 1.807) is 7.11 Å². The van der Waals surface area contributed by atoms with Crippen molar-refractivity contribution in [1.82, 2.24) is 9.97 Å². The van der Waals surface area contributed by atoms with Gasteiger partial charge in [-0.3, -0.25) is 4.79 Å². The molecule has 1 aromatic heterocycles. The van der Waals surface area contributed by atoms with Gasteiger partial charge in [-0.05, 0) is 30.2 Å². The predicted molar refractivity (Wildman–Crippen MR) is 74.1 cm³/mol. The first-order valence-corrected chi connectivity index (χ1v) is 6.15. The Labute approximate surface area is 111 Å².